The third-order valence-electron chi connectivity index (χ3n) is 3.51. The van der Waals surface area contributed by atoms with Crippen LogP contribution < -0.4 is 0 Å². The molecular formula is C12H28O3Si. The Labute approximate surface area is 102 Å². The lowest BCUT2D eigenvalue weighted by Crippen LogP contribution is -2.56. The molecule has 0 rings (SSSR count). The van der Waals surface area contributed by atoms with Gasteiger partial charge in [0.15, 0.2) is 0 Å². The highest BCUT2D eigenvalue weighted by Gasteiger charge is 2.55. The van der Waals surface area contributed by atoms with Crippen molar-refractivity contribution < 1.29 is 13.3 Å². The van der Waals surface area contributed by atoms with Gasteiger partial charge in [0.05, 0.1) is 5.60 Å². The van der Waals surface area contributed by atoms with E-state index in [-0.39, 0.29) is 10.6 Å². The fourth-order valence-electron chi connectivity index (χ4n) is 1.51. The Kier molecular flexibility index (Phi) is 5.66. The maximum Gasteiger partial charge on any atom is 0.506 e. The number of hydrogen-bond donors (Lipinski definition) is 0. The molecule has 0 aliphatic rings. The Bertz CT molecular complexity index is 210. The lowest BCUT2D eigenvalue weighted by Gasteiger charge is -2.43. The van der Waals surface area contributed by atoms with E-state index in [9.17, 15) is 0 Å². The minimum atomic E-state index is -2.63. The Balaban J connectivity index is 5.12. The Morgan fingerprint density at radius 1 is 0.875 bits per heavy atom. The van der Waals surface area contributed by atoms with Gasteiger partial charge >= 0.3 is 8.80 Å². The molecule has 0 aromatic rings. The molecule has 0 saturated carbocycles. The van der Waals surface area contributed by atoms with Crippen LogP contribution in [0.15, 0.2) is 0 Å². The third kappa shape index (κ3) is 3.29. The fourth-order valence-corrected chi connectivity index (χ4v) is 4.53. The van der Waals surface area contributed by atoms with E-state index in [1.807, 2.05) is 0 Å². The molecule has 3 nitrogen and oxygen atoms in total. The molecule has 0 N–H and O–H groups in total. The van der Waals surface area contributed by atoms with E-state index in [0.29, 0.717) is 0 Å². The van der Waals surface area contributed by atoms with Gasteiger partial charge in [-0.15, -0.1) is 0 Å². The molecule has 0 bridgehead atoms. The molecule has 98 valence electrons. The largest absolute Gasteiger partial charge is 0.506 e. The highest BCUT2D eigenvalue weighted by atomic mass is 28.4. The maximum absolute atomic E-state index is 6.22. The average molecular weight is 248 g/mol. The van der Waals surface area contributed by atoms with Crippen LogP contribution in [-0.2, 0) is 13.3 Å². The second kappa shape index (κ2) is 5.62. The van der Waals surface area contributed by atoms with Crippen molar-refractivity contribution >= 4 is 8.80 Å². The minimum Gasteiger partial charge on any atom is -0.377 e. The van der Waals surface area contributed by atoms with Gasteiger partial charge in [-0.3, -0.25) is 0 Å². The zero-order chi connectivity index (χ0) is 13.0. The van der Waals surface area contributed by atoms with Crippen LogP contribution in [0.4, 0.5) is 0 Å². The Hall–Kier alpha value is 0.0969. The molecule has 0 spiro atoms. The van der Waals surface area contributed by atoms with Crippen molar-refractivity contribution in [3.63, 3.8) is 0 Å². The normalized spacial score (nSPS) is 14.2. The van der Waals surface area contributed by atoms with Crippen molar-refractivity contribution in [2.45, 2.75) is 65.0 Å². The Morgan fingerprint density at radius 3 is 1.56 bits per heavy atom. The van der Waals surface area contributed by atoms with Crippen LogP contribution >= 0.6 is 0 Å². The lowest BCUT2D eigenvalue weighted by molar-refractivity contribution is -0.0126. The van der Waals surface area contributed by atoms with E-state index in [1.165, 1.54) is 0 Å². The van der Waals surface area contributed by atoms with E-state index in [4.69, 9.17) is 13.3 Å². The molecule has 0 heterocycles. The average Bonchev–Trinajstić information content (AvgIpc) is 2.25. The van der Waals surface area contributed by atoms with Crippen molar-refractivity contribution in [2.24, 2.45) is 0 Å². The minimum absolute atomic E-state index is 0.0665. The Morgan fingerprint density at radius 2 is 1.31 bits per heavy atom. The molecular weight excluding hydrogens is 220 g/mol. The van der Waals surface area contributed by atoms with Crippen LogP contribution in [0.1, 0.15) is 54.4 Å². The summed E-state index contributed by atoms with van der Waals surface area (Å²) in [6.45, 7) is 12.7. The van der Waals surface area contributed by atoms with Crippen LogP contribution in [0.25, 0.3) is 0 Å². The van der Waals surface area contributed by atoms with Crippen molar-refractivity contribution in [1.29, 1.82) is 0 Å². The van der Waals surface area contributed by atoms with E-state index in [1.54, 1.807) is 14.2 Å². The van der Waals surface area contributed by atoms with Gasteiger partial charge in [0.2, 0.25) is 0 Å². The van der Waals surface area contributed by atoms with E-state index < -0.39 is 8.80 Å². The second-order valence-corrected chi connectivity index (χ2v) is 8.90. The molecule has 0 aliphatic heterocycles. The predicted molar refractivity (Wildman–Crippen MR) is 69.6 cm³/mol. The van der Waals surface area contributed by atoms with E-state index >= 15 is 0 Å². The summed E-state index contributed by atoms with van der Waals surface area (Å²) in [5.74, 6) is 0. The van der Waals surface area contributed by atoms with E-state index in [2.05, 4.69) is 41.5 Å². The molecule has 0 aliphatic carbocycles. The molecule has 0 aromatic carbocycles. The molecule has 0 radical (unpaired) electrons. The SMILES string of the molecule is CCC(C)(C)O[Si](OC)(OC)C(C)(C)CC. The van der Waals surface area contributed by atoms with Gasteiger partial charge in [0, 0.05) is 19.3 Å². The molecule has 4 heteroatoms. The van der Waals surface area contributed by atoms with Crippen LogP contribution in [0.2, 0.25) is 5.04 Å². The zero-order valence-corrected chi connectivity index (χ0v) is 13.1. The molecule has 0 saturated heterocycles. The van der Waals surface area contributed by atoms with Gasteiger partial charge in [0.1, 0.15) is 0 Å². The molecule has 0 amide bonds. The summed E-state index contributed by atoms with van der Waals surface area (Å²) in [7, 11) is 0.759. The van der Waals surface area contributed by atoms with Crippen LogP contribution in [-0.4, -0.2) is 28.6 Å². The van der Waals surface area contributed by atoms with Crippen molar-refractivity contribution in [3.8, 4) is 0 Å². The highest BCUT2D eigenvalue weighted by molar-refractivity contribution is 6.64. The van der Waals surface area contributed by atoms with Crippen LogP contribution in [0.5, 0.6) is 0 Å². The summed E-state index contributed by atoms with van der Waals surface area (Å²) in [5, 5.41) is -0.0665. The molecule has 16 heavy (non-hydrogen) atoms. The topological polar surface area (TPSA) is 27.7 Å². The van der Waals surface area contributed by atoms with Gasteiger partial charge < -0.3 is 13.3 Å². The lowest BCUT2D eigenvalue weighted by atomic mass is 10.1. The maximum atomic E-state index is 6.22. The second-order valence-electron chi connectivity index (χ2n) is 5.42. The monoisotopic (exact) mass is 248 g/mol. The number of rotatable bonds is 7. The smallest absolute Gasteiger partial charge is 0.377 e. The van der Waals surface area contributed by atoms with Gasteiger partial charge in [-0.25, -0.2) is 0 Å². The third-order valence-corrected chi connectivity index (χ3v) is 7.42. The first-order chi connectivity index (χ1) is 7.20. The summed E-state index contributed by atoms with van der Waals surface area (Å²) < 4.78 is 17.6. The van der Waals surface area contributed by atoms with Crippen molar-refractivity contribution in [1.82, 2.24) is 0 Å². The first-order valence-electron chi connectivity index (χ1n) is 6.00. The predicted octanol–water partition coefficient (Wildman–Crippen LogP) is 3.61. The summed E-state index contributed by atoms with van der Waals surface area (Å²) in [6.07, 6.45) is 1.91. The van der Waals surface area contributed by atoms with E-state index in [0.717, 1.165) is 12.8 Å². The van der Waals surface area contributed by atoms with Gasteiger partial charge in [-0.1, -0.05) is 27.7 Å². The van der Waals surface area contributed by atoms with Crippen LogP contribution in [0, 0.1) is 0 Å². The highest BCUT2D eigenvalue weighted by Crippen LogP contribution is 2.43. The summed E-state index contributed by atoms with van der Waals surface area (Å²) >= 11 is 0. The van der Waals surface area contributed by atoms with Gasteiger partial charge in [0.25, 0.3) is 0 Å². The first-order valence-corrected chi connectivity index (χ1v) is 7.73. The van der Waals surface area contributed by atoms with Gasteiger partial charge in [-0.2, -0.15) is 0 Å². The first kappa shape index (κ1) is 16.1. The standard InChI is InChI=1S/C12H28O3Si/c1-9-11(3,4)15-16(13-7,14-8)12(5,6)10-2/h9-10H2,1-8H3. The summed E-state index contributed by atoms with van der Waals surface area (Å²) in [5.41, 5.74) is -0.204. The molecule has 0 unspecified atom stereocenters. The van der Waals surface area contributed by atoms with Gasteiger partial charge in [-0.05, 0) is 26.7 Å². The van der Waals surface area contributed by atoms with Crippen LogP contribution in [0.3, 0.4) is 0 Å². The molecule has 0 atom stereocenters. The number of hydrogen-bond acceptors (Lipinski definition) is 3. The quantitative estimate of drug-likeness (QED) is 0.644. The fraction of sp³-hybridized carbons (Fsp3) is 1.00. The summed E-state index contributed by atoms with van der Waals surface area (Å²) in [4.78, 5) is 0. The molecule has 0 aromatic heterocycles. The zero-order valence-electron chi connectivity index (χ0n) is 12.1. The van der Waals surface area contributed by atoms with Crippen molar-refractivity contribution in [3.05, 3.63) is 0 Å². The van der Waals surface area contributed by atoms with Crippen molar-refractivity contribution in [2.75, 3.05) is 14.2 Å². The molecule has 0 fully saturated rings. The summed E-state index contributed by atoms with van der Waals surface area (Å²) in [6, 6.07) is 0.